The van der Waals surface area contributed by atoms with Gasteiger partial charge in [-0.05, 0) is 0 Å². The van der Waals surface area contributed by atoms with Crippen LogP contribution in [0.15, 0.2) is 0 Å². The van der Waals surface area contributed by atoms with Crippen molar-refractivity contribution < 1.29 is 36.4 Å². The van der Waals surface area contributed by atoms with E-state index >= 15 is 0 Å². The zero-order chi connectivity index (χ0) is 25.1. The second-order valence-electron chi connectivity index (χ2n) is 7.67. The molecule has 0 amide bonds. The molecular formula is C20H46O8P4. The molecule has 0 bridgehead atoms. The van der Waals surface area contributed by atoms with E-state index in [1.807, 2.05) is 0 Å². The monoisotopic (exact) mass is 538 g/mol. The first-order valence-corrected chi connectivity index (χ1v) is 19.8. The van der Waals surface area contributed by atoms with Gasteiger partial charge >= 0.3 is 0 Å². The molecule has 0 aliphatic rings. The largest absolute Gasteiger partial charge is 0.326 e. The summed E-state index contributed by atoms with van der Waals surface area (Å²) in [5.74, 6) is 0. The van der Waals surface area contributed by atoms with Gasteiger partial charge in [-0.25, -0.2) is 0 Å². The minimum absolute atomic E-state index is 0.132. The van der Waals surface area contributed by atoms with Crippen molar-refractivity contribution in [3.8, 4) is 0 Å². The molecule has 0 aromatic heterocycles. The Morgan fingerprint density at radius 3 is 0.844 bits per heavy atom. The van der Waals surface area contributed by atoms with Gasteiger partial charge in [0, 0.05) is 49.3 Å². The summed E-state index contributed by atoms with van der Waals surface area (Å²) in [6, 6.07) is 0. The standard InChI is InChI=1S/C20H46O8P4/c1-9-29(21,10-2)25-17-19(27-31(23,13-5)14-6)20(28-32(24,15-7)16-8)18-26-30(22,11-3)12-4/h19-20H,9-18H2,1-8H3. The van der Waals surface area contributed by atoms with Crippen LogP contribution in [0, 0.1) is 0 Å². The number of rotatable bonds is 19. The maximum absolute atomic E-state index is 13.2. The van der Waals surface area contributed by atoms with Gasteiger partial charge in [0.25, 0.3) is 0 Å². The number of hydrogen-bond donors (Lipinski definition) is 0. The van der Waals surface area contributed by atoms with Crippen LogP contribution in [-0.2, 0) is 36.4 Å². The molecule has 0 radical (unpaired) electrons. The van der Waals surface area contributed by atoms with E-state index in [0.29, 0.717) is 49.3 Å². The topological polar surface area (TPSA) is 105 Å². The first kappa shape index (κ1) is 32.8. The van der Waals surface area contributed by atoms with E-state index in [4.69, 9.17) is 18.1 Å². The molecule has 32 heavy (non-hydrogen) atoms. The molecule has 0 fully saturated rings. The molecule has 0 rings (SSSR count). The lowest BCUT2D eigenvalue weighted by atomic mass is 10.2. The summed E-state index contributed by atoms with van der Waals surface area (Å²) in [6.07, 6.45) is 0.871. The van der Waals surface area contributed by atoms with Gasteiger partial charge < -0.3 is 18.1 Å². The summed E-state index contributed by atoms with van der Waals surface area (Å²) in [6.45, 7) is 14.0. The lowest BCUT2D eigenvalue weighted by Gasteiger charge is -2.33. The quantitative estimate of drug-likeness (QED) is 0.161. The van der Waals surface area contributed by atoms with E-state index < -0.39 is 41.7 Å². The Morgan fingerprint density at radius 2 is 0.656 bits per heavy atom. The van der Waals surface area contributed by atoms with Gasteiger partial charge in [-0.15, -0.1) is 0 Å². The Morgan fingerprint density at radius 1 is 0.438 bits per heavy atom. The molecule has 0 aliphatic heterocycles. The van der Waals surface area contributed by atoms with Gasteiger partial charge in [0.1, 0.15) is 12.2 Å². The number of hydrogen-bond acceptors (Lipinski definition) is 8. The average Bonchev–Trinajstić information content (AvgIpc) is 2.83. The normalized spacial score (nSPS) is 15.6. The Balaban J connectivity index is 6.13. The predicted molar refractivity (Wildman–Crippen MR) is 136 cm³/mol. The lowest BCUT2D eigenvalue weighted by molar-refractivity contribution is 0.00311. The van der Waals surface area contributed by atoms with Gasteiger partial charge in [0.05, 0.1) is 13.2 Å². The van der Waals surface area contributed by atoms with E-state index in [0.717, 1.165) is 0 Å². The van der Waals surface area contributed by atoms with Crippen LogP contribution in [0.3, 0.4) is 0 Å². The van der Waals surface area contributed by atoms with E-state index in [-0.39, 0.29) is 13.2 Å². The first-order chi connectivity index (χ1) is 14.9. The summed E-state index contributed by atoms with van der Waals surface area (Å²) >= 11 is 0. The minimum atomic E-state index is -3.01. The summed E-state index contributed by atoms with van der Waals surface area (Å²) < 4.78 is 75.8. The zero-order valence-electron chi connectivity index (χ0n) is 21.3. The SMILES string of the molecule is CCP(=O)(CC)OCC(OP(=O)(CC)CC)C(COP(=O)(CC)CC)OP(=O)(CC)CC. The maximum atomic E-state index is 13.2. The Hall–Kier alpha value is 0.760. The zero-order valence-corrected chi connectivity index (χ0v) is 24.9. The fourth-order valence-electron chi connectivity index (χ4n) is 2.88. The molecule has 0 aromatic rings. The van der Waals surface area contributed by atoms with Crippen LogP contribution in [0.2, 0.25) is 0 Å². The summed E-state index contributed by atoms with van der Waals surface area (Å²) in [4.78, 5) is 0. The van der Waals surface area contributed by atoms with Crippen molar-refractivity contribution in [3.05, 3.63) is 0 Å². The van der Waals surface area contributed by atoms with E-state index in [2.05, 4.69) is 0 Å². The molecule has 0 N–H and O–H groups in total. The third-order valence-corrected chi connectivity index (χ3v) is 16.1. The second-order valence-corrected chi connectivity index (χ2v) is 20.2. The predicted octanol–water partition coefficient (Wildman–Crippen LogP) is 7.06. The smallest absolute Gasteiger partial charge is 0.203 e. The van der Waals surface area contributed by atoms with Crippen molar-refractivity contribution >= 4 is 29.5 Å². The third kappa shape index (κ3) is 10.6. The van der Waals surface area contributed by atoms with Crippen molar-refractivity contribution in [3.63, 3.8) is 0 Å². The fraction of sp³-hybridized carbons (Fsp3) is 1.00. The third-order valence-electron chi connectivity index (χ3n) is 5.87. The van der Waals surface area contributed by atoms with Crippen LogP contribution >= 0.6 is 29.5 Å². The highest BCUT2D eigenvalue weighted by Crippen LogP contribution is 2.54. The molecule has 0 aliphatic carbocycles. The van der Waals surface area contributed by atoms with Gasteiger partial charge in [0.2, 0.25) is 29.5 Å². The van der Waals surface area contributed by atoms with Crippen LogP contribution in [0.5, 0.6) is 0 Å². The van der Waals surface area contributed by atoms with Crippen LogP contribution in [0.25, 0.3) is 0 Å². The van der Waals surface area contributed by atoms with Crippen molar-refractivity contribution in [2.24, 2.45) is 0 Å². The van der Waals surface area contributed by atoms with Crippen molar-refractivity contribution in [2.75, 3.05) is 62.5 Å². The van der Waals surface area contributed by atoms with Crippen LogP contribution in [-0.4, -0.2) is 74.7 Å². The molecule has 0 spiro atoms. The highest BCUT2D eigenvalue weighted by molar-refractivity contribution is 7.59. The van der Waals surface area contributed by atoms with Crippen LogP contribution in [0.1, 0.15) is 55.4 Å². The average molecular weight is 538 g/mol. The van der Waals surface area contributed by atoms with Gasteiger partial charge in [0.15, 0.2) is 0 Å². The molecule has 0 saturated carbocycles. The van der Waals surface area contributed by atoms with Crippen molar-refractivity contribution in [2.45, 2.75) is 67.6 Å². The molecule has 0 aromatic carbocycles. The molecule has 2 unspecified atom stereocenters. The van der Waals surface area contributed by atoms with E-state index in [1.165, 1.54) is 0 Å². The van der Waals surface area contributed by atoms with Crippen LogP contribution < -0.4 is 0 Å². The second kappa shape index (κ2) is 15.0. The van der Waals surface area contributed by atoms with Crippen molar-refractivity contribution in [1.29, 1.82) is 0 Å². The van der Waals surface area contributed by atoms with E-state index in [1.54, 1.807) is 55.4 Å². The summed E-state index contributed by atoms with van der Waals surface area (Å²) in [5.41, 5.74) is 0. The highest BCUT2D eigenvalue weighted by atomic mass is 31.2. The van der Waals surface area contributed by atoms with E-state index in [9.17, 15) is 18.3 Å². The molecule has 2 atom stereocenters. The summed E-state index contributed by atoms with van der Waals surface area (Å²) in [5, 5.41) is 0. The molecule has 0 saturated heterocycles. The Labute approximate surface area is 196 Å². The minimum Gasteiger partial charge on any atom is -0.326 e. The van der Waals surface area contributed by atoms with Gasteiger partial charge in [-0.1, -0.05) is 55.4 Å². The molecule has 8 nitrogen and oxygen atoms in total. The molecule has 12 heteroatoms. The maximum Gasteiger partial charge on any atom is 0.203 e. The molecule has 0 heterocycles. The molecule has 194 valence electrons. The van der Waals surface area contributed by atoms with Crippen molar-refractivity contribution in [1.82, 2.24) is 0 Å². The lowest BCUT2D eigenvalue weighted by Crippen LogP contribution is -2.38. The van der Waals surface area contributed by atoms with Gasteiger partial charge in [-0.2, -0.15) is 0 Å². The fourth-order valence-corrected chi connectivity index (χ4v) is 8.21. The van der Waals surface area contributed by atoms with Crippen LogP contribution in [0.4, 0.5) is 0 Å². The van der Waals surface area contributed by atoms with Gasteiger partial charge in [-0.3, -0.25) is 18.3 Å². The summed E-state index contributed by atoms with van der Waals surface area (Å²) in [7, 11) is -11.8. The Bertz CT molecular complexity index is 634. The highest BCUT2D eigenvalue weighted by Gasteiger charge is 2.37. The molecular weight excluding hydrogens is 492 g/mol. The first-order valence-electron chi connectivity index (χ1n) is 11.8. The Kier molecular flexibility index (Phi) is 15.4.